The van der Waals surface area contributed by atoms with Crippen LogP contribution in [0.15, 0.2) is 17.5 Å². The smallest absolute Gasteiger partial charge is 0.0536 e. The van der Waals surface area contributed by atoms with Crippen molar-refractivity contribution in [1.29, 1.82) is 0 Å². The molecule has 2 N–H and O–H groups in total. The molecule has 1 aliphatic carbocycles. The van der Waals surface area contributed by atoms with Crippen molar-refractivity contribution in [3.63, 3.8) is 0 Å². The molecule has 0 spiro atoms. The van der Waals surface area contributed by atoms with Crippen LogP contribution in [0.5, 0.6) is 0 Å². The molecule has 60 valence electrons. The average Bonchev–Trinajstić information content (AvgIpc) is 2.55. The van der Waals surface area contributed by atoms with Crippen LogP contribution in [0.4, 0.5) is 0 Å². The fourth-order valence-corrected chi connectivity index (χ4v) is 2.63. The minimum atomic E-state index is 0.0584. The van der Waals surface area contributed by atoms with Crippen LogP contribution in [0, 0.1) is 5.92 Å². The summed E-state index contributed by atoms with van der Waals surface area (Å²) in [6, 6.07) is 4.24. The third-order valence-electron chi connectivity index (χ3n) is 2.63. The number of rotatable bonds is 2. The lowest BCUT2D eigenvalue weighted by molar-refractivity contribution is 0.625. The first-order valence-electron chi connectivity index (χ1n) is 4.10. The third kappa shape index (κ3) is 1.01. The van der Waals surface area contributed by atoms with E-state index >= 15 is 0 Å². The molecule has 0 bridgehead atoms. The summed E-state index contributed by atoms with van der Waals surface area (Å²) in [6.07, 6.45) is 2.40. The van der Waals surface area contributed by atoms with E-state index in [1.807, 2.05) is 0 Å². The maximum atomic E-state index is 6.18. The van der Waals surface area contributed by atoms with Crippen molar-refractivity contribution in [3.05, 3.63) is 22.4 Å². The molecule has 2 unspecified atom stereocenters. The summed E-state index contributed by atoms with van der Waals surface area (Å²) in [5, 5.41) is 2.11. The topological polar surface area (TPSA) is 26.0 Å². The number of hydrogen-bond donors (Lipinski definition) is 1. The second kappa shape index (κ2) is 2.32. The summed E-state index contributed by atoms with van der Waals surface area (Å²) < 4.78 is 0. The molecule has 1 aliphatic rings. The molecule has 2 heteroatoms. The minimum Gasteiger partial charge on any atom is -0.320 e. The van der Waals surface area contributed by atoms with Gasteiger partial charge in [-0.15, -0.1) is 11.3 Å². The summed E-state index contributed by atoms with van der Waals surface area (Å²) in [7, 11) is 0. The van der Waals surface area contributed by atoms with Gasteiger partial charge in [0.2, 0.25) is 0 Å². The Bertz CT molecular complexity index is 242. The van der Waals surface area contributed by atoms with E-state index in [0.29, 0.717) is 0 Å². The Morgan fingerprint density at radius 2 is 2.64 bits per heavy atom. The molecule has 1 saturated carbocycles. The SMILES string of the molecule is CCC1CC1(N)c1cccs1. The Balaban J connectivity index is 2.19. The van der Waals surface area contributed by atoms with E-state index in [0.717, 1.165) is 5.92 Å². The second-order valence-electron chi connectivity index (χ2n) is 3.33. The van der Waals surface area contributed by atoms with Gasteiger partial charge in [-0.1, -0.05) is 19.4 Å². The predicted molar refractivity (Wildman–Crippen MR) is 48.6 cm³/mol. The molecule has 0 amide bonds. The lowest BCUT2D eigenvalue weighted by atomic mass is 10.1. The average molecular weight is 167 g/mol. The van der Waals surface area contributed by atoms with Crippen molar-refractivity contribution in [2.24, 2.45) is 11.7 Å². The first-order chi connectivity index (χ1) is 5.27. The standard InChI is InChI=1S/C9H13NS/c1-2-7-6-9(7,10)8-4-3-5-11-8/h3-5,7H,2,6,10H2,1H3. The molecular weight excluding hydrogens is 154 g/mol. The first kappa shape index (κ1) is 7.32. The van der Waals surface area contributed by atoms with Gasteiger partial charge in [0, 0.05) is 4.88 Å². The van der Waals surface area contributed by atoms with E-state index in [2.05, 4.69) is 24.4 Å². The monoisotopic (exact) mass is 167 g/mol. The zero-order valence-corrected chi connectivity index (χ0v) is 7.53. The van der Waals surface area contributed by atoms with Crippen LogP contribution in [0.2, 0.25) is 0 Å². The van der Waals surface area contributed by atoms with E-state index in [-0.39, 0.29) is 5.54 Å². The predicted octanol–water partition coefficient (Wildman–Crippen LogP) is 2.33. The molecule has 11 heavy (non-hydrogen) atoms. The largest absolute Gasteiger partial charge is 0.320 e. The van der Waals surface area contributed by atoms with Crippen molar-refractivity contribution >= 4 is 11.3 Å². The van der Waals surface area contributed by atoms with Gasteiger partial charge in [0.25, 0.3) is 0 Å². The quantitative estimate of drug-likeness (QED) is 0.718. The number of hydrogen-bond acceptors (Lipinski definition) is 2. The van der Waals surface area contributed by atoms with E-state index in [4.69, 9.17) is 5.73 Å². The molecule has 1 nitrogen and oxygen atoms in total. The molecular formula is C9H13NS. The van der Waals surface area contributed by atoms with E-state index < -0.39 is 0 Å². The van der Waals surface area contributed by atoms with Gasteiger partial charge in [-0.05, 0) is 23.8 Å². The van der Waals surface area contributed by atoms with E-state index in [9.17, 15) is 0 Å². The zero-order valence-electron chi connectivity index (χ0n) is 6.71. The van der Waals surface area contributed by atoms with Crippen molar-refractivity contribution in [3.8, 4) is 0 Å². The Morgan fingerprint density at radius 1 is 1.82 bits per heavy atom. The van der Waals surface area contributed by atoms with Crippen LogP contribution in [0.25, 0.3) is 0 Å². The highest BCUT2D eigenvalue weighted by Gasteiger charge is 2.51. The maximum absolute atomic E-state index is 6.18. The van der Waals surface area contributed by atoms with Crippen LogP contribution in [-0.4, -0.2) is 0 Å². The van der Waals surface area contributed by atoms with E-state index in [1.54, 1.807) is 11.3 Å². The Hall–Kier alpha value is -0.340. The fourth-order valence-electron chi connectivity index (χ4n) is 1.70. The Kier molecular flexibility index (Phi) is 1.55. The highest BCUT2D eigenvalue weighted by molar-refractivity contribution is 7.10. The molecule has 2 rings (SSSR count). The van der Waals surface area contributed by atoms with Gasteiger partial charge in [-0.25, -0.2) is 0 Å². The highest BCUT2D eigenvalue weighted by atomic mass is 32.1. The van der Waals surface area contributed by atoms with Crippen LogP contribution < -0.4 is 5.73 Å². The Labute approximate surface area is 71.2 Å². The lowest BCUT2D eigenvalue weighted by Crippen LogP contribution is -2.20. The fraction of sp³-hybridized carbons (Fsp3) is 0.556. The molecule has 1 aromatic rings. The zero-order chi connectivity index (χ0) is 7.90. The molecule has 0 aromatic carbocycles. The molecule has 1 fully saturated rings. The molecule has 0 saturated heterocycles. The molecule has 0 aliphatic heterocycles. The van der Waals surface area contributed by atoms with Gasteiger partial charge in [0.05, 0.1) is 5.54 Å². The summed E-state index contributed by atoms with van der Waals surface area (Å²) in [6.45, 7) is 2.22. The van der Waals surface area contributed by atoms with Gasteiger partial charge >= 0.3 is 0 Å². The van der Waals surface area contributed by atoms with Crippen molar-refractivity contribution in [2.45, 2.75) is 25.3 Å². The second-order valence-corrected chi connectivity index (χ2v) is 4.27. The third-order valence-corrected chi connectivity index (χ3v) is 3.69. The summed E-state index contributed by atoms with van der Waals surface area (Å²) in [5.41, 5.74) is 6.24. The van der Waals surface area contributed by atoms with Crippen LogP contribution >= 0.6 is 11.3 Å². The lowest BCUT2D eigenvalue weighted by Gasteiger charge is -2.06. The van der Waals surface area contributed by atoms with Gasteiger partial charge in [0.15, 0.2) is 0 Å². The van der Waals surface area contributed by atoms with Gasteiger partial charge in [0.1, 0.15) is 0 Å². The van der Waals surface area contributed by atoms with Gasteiger partial charge < -0.3 is 5.73 Å². The molecule has 1 heterocycles. The highest BCUT2D eigenvalue weighted by Crippen LogP contribution is 2.52. The van der Waals surface area contributed by atoms with Crippen LogP contribution in [0.3, 0.4) is 0 Å². The van der Waals surface area contributed by atoms with Crippen molar-refractivity contribution < 1.29 is 0 Å². The maximum Gasteiger partial charge on any atom is 0.0536 e. The van der Waals surface area contributed by atoms with Gasteiger partial charge in [-0.2, -0.15) is 0 Å². The Morgan fingerprint density at radius 3 is 3.09 bits per heavy atom. The van der Waals surface area contributed by atoms with Crippen LogP contribution in [-0.2, 0) is 5.54 Å². The summed E-state index contributed by atoms with van der Waals surface area (Å²) in [5.74, 6) is 0.737. The normalized spacial score (nSPS) is 35.6. The molecule has 2 atom stereocenters. The summed E-state index contributed by atoms with van der Waals surface area (Å²) >= 11 is 1.79. The first-order valence-corrected chi connectivity index (χ1v) is 4.98. The van der Waals surface area contributed by atoms with E-state index in [1.165, 1.54) is 17.7 Å². The van der Waals surface area contributed by atoms with Gasteiger partial charge in [-0.3, -0.25) is 0 Å². The van der Waals surface area contributed by atoms with Crippen molar-refractivity contribution in [2.75, 3.05) is 0 Å². The molecule has 1 aromatic heterocycles. The minimum absolute atomic E-state index is 0.0584. The molecule has 0 radical (unpaired) electrons. The number of thiophene rings is 1. The number of nitrogens with two attached hydrogens (primary N) is 1. The van der Waals surface area contributed by atoms with Crippen LogP contribution in [0.1, 0.15) is 24.6 Å². The summed E-state index contributed by atoms with van der Waals surface area (Å²) in [4.78, 5) is 1.37. The van der Waals surface area contributed by atoms with Crippen molar-refractivity contribution in [1.82, 2.24) is 0 Å².